The summed E-state index contributed by atoms with van der Waals surface area (Å²) in [5.74, 6) is -0.221. The normalized spacial score (nSPS) is 10.3. The Morgan fingerprint density at radius 1 is 1.00 bits per heavy atom. The highest BCUT2D eigenvalue weighted by molar-refractivity contribution is 6.03. The Morgan fingerprint density at radius 2 is 1.76 bits per heavy atom. The predicted octanol–water partition coefficient (Wildman–Crippen LogP) is 4.27. The number of nitrogens with one attached hydrogen (secondary N) is 2. The standard InChI is InChI=1S/C22H22N4O3/c1-4-29-22(28)16-6-8-17(9-7-16)25-20-12-19(23-13-24-20)21(27)26-18-10-5-14(2)11-15(18)3/h5-13H,4H2,1-3H3,(H,26,27)(H,23,24,25). The molecule has 0 unspecified atom stereocenters. The van der Waals surface area contributed by atoms with E-state index in [1.54, 1.807) is 37.3 Å². The van der Waals surface area contributed by atoms with Crippen molar-refractivity contribution < 1.29 is 14.3 Å². The van der Waals surface area contributed by atoms with Gasteiger partial charge in [-0.05, 0) is 56.7 Å². The third kappa shape index (κ3) is 5.16. The van der Waals surface area contributed by atoms with Crippen molar-refractivity contribution in [2.24, 2.45) is 0 Å². The summed E-state index contributed by atoms with van der Waals surface area (Å²) in [4.78, 5) is 32.5. The fourth-order valence-electron chi connectivity index (χ4n) is 2.74. The SMILES string of the molecule is CCOC(=O)c1ccc(Nc2cc(C(=O)Nc3ccc(C)cc3C)ncn2)cc1. The van der Waals surface area contributed by atoms with Crippen LogP contribution < -0.4 is 10.6 Å². The van der Waals surface area contributed by atoms with Crippen molar-refractivity contribution >= 4 is 29.1 Å². The Bertz CT molecular complexity index is 1030. The van der Waals surface area contributed by atoms with Crippen molar-refractivity contribution in [2.45, 2.75) is 20.8 Å². The van der Waals surface area contributed by atoms with Crippen LogP contribution in [0.2, 0.25) is 0 Å². The molecule has 0 aliphatic rings. The van der Waals surface area contributed by atoms with Gasteiger partial charge in [-0.1, -0.05) is 17.7 Å². The van der Waals surface area contributed by atoms with Gasteiger partial charge in [-0.3, -0.25) is 4.79 Å². The molecule has 2 N–H and O–H groups in total. The number of nitrogens with zero attached hydrogens (tertiary/aromatic N) is 2. The number of ether oxygens (including phenoxy) is 1. The molecule has 148 valence electrons. The summed E-state index contributed by atoms with van der Waals surface area (Å²) < 4.78 is 4.97. The maximum atomic E-state index is 12.6. The second-order valence-corrected chi connectivity index (χ2v) is 6.48. The fourth-order valence-corrected chi connectivity index (χ4v) is 2.74. The first-order valence-electron chi connectivity index (χ1n) is 9.21. The van der Waals surface area contributed by atoms with E-state index < -0.39 is 0 Å². The van der Waals surface area contributed by atoms with Gasteiger partial charge in [0.1, 0.15) is 17.8 Å². The number of anilines is 3. The quantitative estimate of drug-likeness (QED) is 0.611. The van der Waals surface area contributed by atoms with Gasteiger partial charge in [-0.15, -0.1) is 0 Å². The van der Waals surface area contributed by atoms with E-state index in [0.29, 0.717) is 18.0 Å². The van der Waals surface area contributed by atoms with Crippen LogP contribution in [0.4, 0.5) is 17.2 Å². The maximum absolute atomic E-state index is 12.6. The van der Waals surface area contributed by atoms with Gasteiger partial charge in [0.2, 0.25) is 0 Å². The summed E-state index contributed by atoms with van der Waals surface area (Å²) >= 11 is 0. The van der Waals surface area contributed by atoms with E-state index in [0.717, 1.165) is 22.5 Å². The van der Waals surface area contributed by atoms with Gasteiger partial charge in [0, 0.05) is 17.4 Å². The monoisotopic (exact) mass is 390 g/mol. The van der Waals surface area contributed by atoms with E-state index in [-0.39, 0.29) is 17.6 Å². The number of rotatable bonds is 6. The van der Waals surface area contributed by atoms with Gasteiger partial charge < -0.3 is 15.4 Å². The third-order valence-electron chi connectivity index (χ3n) is 4.20. The largest absolute Gasteiger partial charge is 0.462 e. The molecule has 0 bridgehead atoms. The molecule has 0 spiro atoms. The van der Waals surface area contributed by atoms with Gasteiger partial charge in [0.25, 0.3) is 5.91 Å². The number of benzene rings is 2. The molecule has 2 aromatic carbocycles. The van der Waals surface area contributed by atoms with Crippen LogP contribution in [0.15, 0.2) is 54.9 Å². The molecule has 29 heavy (non-hydrogen) atoms. The minimum absolute atomic E-state index is 0.241. The molecule has 0 aliphatic heterocycles. The molecule has 0 saturated carbocycles. The summed E-state index contributed by atoms with van der Waals surface area (Å²) in [6.45, 7) is 6.03. The number of carbonyl (C=O) groups is 2. The van der Waals surface area contributed by atoms with Crippen LogP contribution in [0.3, 0.4) is 0 Å². The first-order valence-corrected chi connectivity index (χ1v) is 9.21. The molecule has 0 atom stereocenters. The van der Waals surface area contributed by atoms with Crippen LogP contribution in [-0.2, 0) is 4.74 Å². The van der Waals surface area contributed by atoms with E-state index in [9.17, 15) is 9.59 Å². The van der Waals surface area contributed by atoms with Crippen LogP contribution in [0, 0.1) is 13.8 Å². The van der Waals surface area contributed by atoms with Crippen LogP contribution in [-0.4, -0.2) is 28.5 Å². The highest BCUT2D eigenvalue weighted by atomic mass is 16.5. The topological polar surface area (TPSA) is 93.2 Å². The zero-order valence-corrected chi connectivity index (χ0v) is 16.5. The Labute approximate surface area is 169 Å². The molecule has 0 fully saturated rings. The molecule has 1 heterocycles. The lowest BCUT2D eigenvalue weighted by Gasteiger charge is -2.10. The van der Waals surface area contributed by atoms with Crippen LogP contribution in [0.5, 0.6) is 0 Å². The first kappa shape index (κ1) is 20.0. The summed E-state index contributed by atoms with van der Waals surface area (Å²) in [5.41, 5.74) is 4.27. The van der Waals surface area contributed by atoms with Crippen LogP contribution in [0.25, 0.3) is 0 Å². The van der Waals surface area contributed by atoms with Crippen molar-refractivity contribution in [3.05, 3.63) is 77.2 Å². The average molecular weight is 390 g/mol. The molecular weight excluding hydrogens is 368 g/mol. The average Bonchev–Trinajstić information content (AvgIpc) is 2.71. The van der Waals surface area contributed by atoms with Gasteiger partial charge in [-0.25, -0.2) is 14.8 Å². The number of esters is 1. The first-order chi connectivity index (χ1) is 14.0. The second-order valence-electron chi connectivity index (χ2n) is 6.48. The molecule has 1 amide bonds. The van der Waals surface area contributed by atoms with Crippen molar-refractivity contribution in [1.29, 1.82) is 0 Å². The Kier molecular flexibility index (Phi) is 6.19. The molecule has 0 saturated heterocycles. The number of hydrogen-bond donors (Lipinski definition) is 2. The summed E-state index contributed by atoms with van der Waals surface area (Å²) in [7, 11) is 0. The van der Waals surface area contributed by atoms with Gasteiger partial charge in [-0.2, -0.15) is 0 Å². The molecule has 0 aliphatic carbocycles. The number of hydrogen-bond acceptors (Lipinski definition) is 6. The van der Waals surface area contributed by atoms with Crippen molar-refractivity contribution in [3.63, 3.8) is 0 Å². The zero-order valence-electron chi connectivity index (χ0n) is 16.5. The molecule has 0 radical (unpaired) electrons. The summed E-state index contributed by atoms with van der Waals surface area (Å²) in [5, 5.41) is 5.97. The minimum Gasteiger partial charge on any atom is -0.462 e. The fraction of sp³-hybridized carbons (Fsp3) is 0.182. The smallest absolute Gasteiger partial charge is 0.338 e. The molecule has 3 rings (SSSR count). The lowest BCUT2D eigenvalue weighted by Crippen LogP contribution is -2.15. The molecule has 1 aromatic heterocycles. The maximum Gasteiger partial charge on any atom is 0.338 e. The highest BCUT2D eigenvalue weighted by Crippen LogP contribution is 2.19. The Balaban J connectivity index is 1.70. The molecule has 7 heteroatoms. The van der Waals surface area contributed by atoms with E-state index in [4.69, 9.17) is 4.74 Å². The number of aromatic nitrogens is 2. The zero-order chi connectivity index (χ0) is 20.8. The lowest BCUT2D eigenvalue weighted by atomic mass is 10.1. The van der Waals surface area contributed by atoms with Crippen LogP contribution >= 0.6 is 0 Å². The third-order valence-corrected chi connectivity index (χ3v) is 4.20. The summed E-state index contributed by atoms with van der Waals surface area (Å²) in [6.07, 6.45) is 1.33. The van der Waals surface area contributed by atoms with Gasteiger partial charge in [0.05, 0.1) is 12.2 Å². The van der Waals surface area contributed by atoms with Crippen molar-refractivity contribution in [1.82, 2.24) is 9.97 Å². The van der Waals surface area contributed by atoms with E-state index in [1.807, 2.05) is 32.0 Å². The number of carbonyl (C=O) groups excluding carboxylic acids is 2. The minimum atomic E-state index is -0.369. The highest BCUT2D eigenvalue weighted by Gasteiger charge is 2.11. The molecule has 3 aromatic rings. The Hall–Kier alpha value is -3.74. The summed E-state index contributed by atoms with van der Waals surface area (Å²) in [6, 6.07) is 14.2. The number of amides is 1. The van der Waals surface area contributed by atoms with E-state index in [1.165, 1.54) is 6.33 Å². The predicted molar refractivity (Wildman–Crippen MR) is 112 cm³/mol. The van der Waals surface area contributed by atoms with Gasteiger partial charge in [0.15, 0.2) is 0 Å². The number of aryl methyl sites for hydroxylation is 2. The van der Waals surface area contributed by atoms with Gasteiger partial charge >= 0.3 is 5.97 Å². The molecular formula is C22H22N4O3. The Morgan fingerprint density at radius 3 is 2.45 bits per heavy atom. The molecule has 7 nitrogen and oxygen atoms in total. The van der Waals surface area contributed by atoms with Crippen LogP contribution in [0.1, 0.15) is 38.9 Å². The van der Waals surface area contributed by atoms with Crippen molar-refractivity contribution in [2.75, 3.05) is 17.2 Å². The lowest BCUT2D eigenvalue weighted by molar-refractivity contribution is 0.0526. The van der Waals surface area contributed by atoms with E-state index in [2.05, 4.69) is 20.6 Å². The van der Waals surface area contributed by atoms with Crippen molar-refractivity contribution in [3.8, 4) is 0 Å². The second kappa shape index (κ2) is 8.97. The van der Waals surface area contributed by atoms with E-state index >= 15 is 0 Å².